The molecule has 0 aliphatic heterocycles. The maximum Gasteiger partial charge on any atom is 0.125 e. The van der Waals surface area contributed by atoms with Gasteiger partial charge in [0.05, 0.1) is 6.54 Å². The van der Waals surface area contributed by atoms with E-state index in [2.05, 4.69) is 37.3 Å². The van der Waals surface area contributed by atoms with Gasteiger partial charge in [-0.05, 0) is 28.1 Å². The molecule has 0 saturated carbocycles. The molecule has 0 radical (unpaired) electrons. The molecule has 0 saturated heterocycles. The van der Waals surface area contributed by atoms with Gasteiger partial charge in [0.1, 0.15) is 5.82 Å². The minimum absolute atomic E-state index is 0.553. The van der Waals surface area contributed by atoms with Crippen molar-refractivity contribution in [3.8, 4) is 0 Å². The fraction of sp³-hybridized carbons (Fsp3) is 0.182. The number of pyridine rings is 1. The van der Waals surface area contributed by atoms with Crippen LogP contribution < -0.4 is 10.6 Å². The van der Waals surface area contributed by atoms with Crippen molar-refractivity contribution in [2.45, 2.75) is 6.54 Å². The van der Waals surface area contributed by atoms with Gasteiger partial charge in [-0.3, -0.25) is 0 Å². The Labute approximate surface area is 107 Å². The topological polar surface area (TPSA) is 42.2 Å². The Bertz CT molecular complexity index is 484. The number of rotatable bonds is 3. The first kappa shape index (κ1) is 11.4. The predicted octanol–water partition coefficient (Wildman–Crippen LogP) is 3.12. The van der Waals surface area contributed by atoms with E-state index < -0.39 is 0 Å². The molecule has 0 aliphatic carbocycles. The normalized spacial score (nSPS) is 10.4. The highest BCUT2D eigenvalue weighted by atomic mass is 79.9. The summed E-state index contributed by atoms with van der Waals surface area (Å²) >= 11 is 5.19. The fourth-order valence-corrected chi connectivity index (χ4v) is 2.94. The van der Waals surface area contributed by atoms with E-state index in [0.717, 1.165) is 16.7 Å². The van der Waals surface area contributed by atoms with Crippen LogP contribution in [0.25, 0.3) is 0 Å². The second-order valence-electron chi connectivity index (χ2n) is 3.53. The number of anilines is 2. The van der Waals surface area contributed by atoms with Crippen LogP contribution in [0.3, 0.4) is 0 Å². The summed E-state index contributed by atoms with van der Waals surface area (Å²) in [7, 11) is 2.04. The van der Waals surface area contributed by atoms with Gasteiger partial charge in [-0.25, -0.2) is 4.98 Å². The zero-order valence-corrected chi connectivity index (χ0v) is 11.3. The van der Waals surface area contributed by atoms with E-state index in [1.807, 2.05) is 19.2 Å². The maximum absolute atomic E-state index is 5.65. The summed E-state index contributed by atoms with van der Waals surface area (Å²) in [5, 5.41) is 2.09. The molecule has 0 amide bonds. The molecule has 3 nitrogen and oxygen atoms in total. The number of hydrogen-bond donors (Lipinski definition) is 1. The van der Waals surface area contributed by atoms with Gasteiger partial charge in [-0.15, -0.1) is 11.3 Å². The van der Waals surface area contributed by atoms with Crippen molar-refractivity contribution in [1.82, 2.24) is 4.98 Å². The van der Waals surface area contributed by atoms with Gasteiger partial charge in [0, 0.05) is 39.7 Å². The fourth-order valence-electron chi connectivity index (χ4n) is 1.44. The average Bonchev–Trinajstić information content (AvgIpc) is 2.64. The van der Waals surface area contributed by atoms with Crippen LogP contribution in [0.15, 0.2) is 34.2 Å². The summed E-state index contributed by atoms with van der Waals surface area (Å²) in [6, 6.07) is 5.97. The molecule has 2 aromatic heterocycles. The second kappa shape index (κ2) is 4.84. The van der Waals surface area contributed by atoms with Crippen LogP contribution in [0, 0.1) is 0 Å². The Balaban J connectivity index is 2.11. The number of hydrogen-bond acceptors (Lipinski definition) is 4. The van der Waals surface area contributed by atoms with E-state index in [-0.39, 0.29) is 0 Å². The highest BCUT2D eigenvalue weighted by Gasteiger charge is 2.04. The van der Waals surface area contributed by atoms with Crippen LogP contribution in [-0.2, 0) is 6.54 Å². The van der Waals surface area contributed by atoms with E-state index in [1.54, 1.807) is 17.5 Å². The standard InChI is InChI=1S/C11H12BrN3S/c1-15(6-10-4-8(12)7-16-10)9-2-3-14-11(13)5-9/h2-5,7H,6H2,1H3,(H2,13,14). The van der Waals surface area contributed by atoms with Crippen LogP contribution in [-0.4, -0.2) is 12.0 Å². The van der Waals surface area contributed by atoms with Gasteiger partial charge in [-0.1, -0.05) is 0 Å². The molecule has 2 heterocycles. The van der Waals surface area contributed by atoms with E-state index in [4.69, 9.17) is 5.73 Å². The first-order valence-corrected chi connectivity index (χ1v) is 6.48. The Morgan fingerprint density at radius 2 is 2.31 bits per heavy atom. The molecule has 2 aromatic rings. The van der Waals surface area contributed by atoms with Crippen molar-refractivity contribution < 1.29 is 0 Å². The summed E-state index contributed by atoms with van der Waals surface area (Å²) in [6.07, 6.45) is 1.73. The number of aromatic nitrogens is 1. The molecular weight excluding hydrogens is 286 g/mol. The highest BCUT2D eigenvalue weighted by molar-refractivity contribution is 9.10. The van der Waals surface area contributed by atoms with Crippen molar-refractivity contribution in [3.63, 3.8) is 0 Å². The molecule has 84 valence electrons. The van der Waals surface area contributed by atoms with E-state index in [0.29, 0.717) is 5.82 Å². The third kappa shape index (κ3) is 2.74. The number of nitrogen functional groups attached to an aromatic ring is 1. The number of nitrogens with zero attached hydrogens (tertiary/aromatic N) is 2. The number of thiophene rings is 1. The van der Waals surface area contributed by atoms with Crippen LogP contribution in [0.2, 0.25) is 0 Å². The third-order valence-electron chi connectivity index (χ3n) is 2.22. The van der Waals surface area contributed by atoms with Gasteiger partial charge in [0.2, 0.25) is 0 Å². The molecule has 2 N–H and O–H groups in total. The van der Waals surface area contributed by atoms with Gasteiger partial charge < -0.3 is 10.6 Å². The molecule has 0 atom stereocenters. The van der Waals surface area contributed by atoms with E-state index in [9.17, 15) is 0 Å². The largest absolute Gasteiger partial charge is 0.384 e. The molecule has 0 unspecified atom stereocenters. The lowest BCUT2D eigenvalue weighted by atomic mass is 10.3. The maximum atomic E-state index is 5.65. The quantitative estimate of drug-likeness (QED) is 0.946. The van der Waals surface area contributed by atoms with Gasteiger partial charge >= 0.3 is 0 Å². The van der Waals surface area contributed by atoms with Gasteiger partial charge in [-0.2, -0.15) is 0 Å². The minimum atomic E-state index is 0.553. The monoisotopic (exact) mass is 297 g/mol. The Morgan fingerprint density at radius 3 is 2.94 bits per heavy atom. The van der Waals surface area contributed by atoms with Crippen molar-refractivity contribution in [3.05, 3.63) is 39.1 Å². The third-order valence-corrected chi connectivity index (χ3v) is 3.90. The molecule has 0 spiro atoms. The van der Waals surface area contributed by atoms with Crippen molar-refractivity contribution in [1.29, 1.82) is 0 Å². The first-order valence-electron chi connectivity index (χ1n) is 4.81. The lowest BCUT2D eigenvalue weighted by Gasteiger charge is -2.18. The zero-order chi connectivity index (χ0) is 11.5. The van der Waals surface area contributed by atoms with Gasteiger partial charge in [0.15, 0.2) is 0 Å². The molecule has 0 bridgehead atoms. The number of halogens is 1. The smallest absolute Gasteiger partial charge is 0.125 e. The van der Waals surface area contributed by atoms with Crippen molar-refractivity contribution >= 4 is 38.8 Å². The van der Waals surface area contributed by atoms with E-state index >= 15 is 0 Å². The minimum Gasteiger partial charge on any atom is -0.384 e. The summed E-state index contributed by atoms with van der Waals surface area (Å²) < 4.78 is 1.13. The summed E-state index contributed by atoms with van der Waals surface area (Å²) in [5.74, 6) is 0.553. The molecule has 5 heteroatoms. The molecule has 0 fully saturated rings. The lowest BCUT2D eigenvalue weighted by Crippen LogP contribution is -2.15. The molecule has 0 aliphatic rings. The summed E-state index contributed by atoms with van der Waals surface area (Å²) in [4.78, 5) is 7.44. The second-order valence-corrected chi connectivity index (χ2v) is 5.44. The Kier molecular flexibility index (Phi) is 3.46. The first-order chi connectivity index (χ1) is 7.65. The van der Waals surface area contributed by atoms with Crippen LogP contribution in [0.1, 0.15) is 4.88 Å². The SMILES string of the molecule is CN(Cc1cc(Br)cs1)c1ccnc(N)c1. The highest BCUT2D eigenvalue weighted by Crippen LogP contribution is 2.23. The lowest BCUT2D eigenvalue weighted by molar-refractivity contribution is 0.938. The Hall–Kier alpha value is -1.07. The van der Waals surface area contributed by atoms with Crippen LogP contribution >= 0.6 is 27.3 Å². The predicted molar refractivity (Wildman–Crippen MR) is 72.8 cm³/mol. The van der Waals surface area contributed by atoms with Crippen LogP contribution in [0.4, 0.5) is 11.5 Å². The molecule has 16 heavy (non-hydrogen) atoms. The average molecular weight is 298 g/mol. The van der Waals surface area contributed by atoms with E-state index in [1.165, 1.54) is 4.88 Å². The summed E-state index contributed by atoms with van der Waals surface area (Å²) in [6.45, 7) is 0.875. The van der Waals surface area contributed by atoms with Crippen molar-refractivity contribution in [2.75, 3.05) is 17.7 Å². The molecule has 2 rings (SSSR count). The molecular formula is C11H12BrN3S. The molecule has 0 aromatic carbocycles. The number of nitrogens with two attached hydrogens (primary N) is 1. The summed E-state index contributed by atoms with van der Waals surface area (Å²) in [5.41, 5.74) is 6.73. The van der Waals surface area contributed by atoms with Crippen molar-refractivity contribution in [2.24, 2.45) is 0 Å². The van der Waals surface area contributed by atoms with Crippen LogP contribution in [0.5, 0.6) is 0 Å². The Morgan fingerprint density at radius 1 is 1.50 bits per heavy atom. The zero-order valence-electron chi connectivity index (χ0n) is 8.85. The van der Waals surface area contributed by atoms with Gasteiger partial charge in [0.25, 0.3) is 0 Å².